The third-order valence-corrected chi connectivity index (χ3v) is 4.14. The summed E-state index contributed by atoms with van der Waals surface area (Å²) in [5, 5.41) is 0. The molecule has 0 aromatic heterocycles. The van der Waals surface area contributed by atoms with Crippen molar-refractivity contribution in [3.8, 4) is 5.75 Å². The largest absolute Gasteiger partial charge is 0.492 e. The Balaban J connectivity index is 1.45. The van der Waals surface area contributed by atoms with Gasteiger partial charge in [0.2, 0.25) is 0 Å². The normalized spacial score (nSPS) is 13.5. The zero-order valence-electron chi connectivity index (χ0n) is 13.9. The molecule has 1 aliphatic heterocycles. The summed E-state index contributed by atoms with van der Waals surface area (Å²) in [5.74, 6) is -0.173. The van der Waals surface area contributed by atoms with Gasteiger partial charge in [-0.05, 0) is 43.4 Å². The zero-order chi connectivity index (χ0) is 17.8. The van der Waals surface area contributed by atoms with Crippen LogP contribution in [0.5, 0.6) is 5.75 Å². The highest BCUT2D eigenvalue weighted by atomic mass is 19.1. The molecule has 130 valence electrons. The van der Waals surface area contributed by atoms with Gasteiger partial charge in [-0.15, -0.1) is 0 Å². The van der Waals surface area contributed by atoms with Crippen molar-refractivity contribution in [2.75, 3.05) is 33.3 Å². The molecule has 0 saturated carbocycles. The predicted octanol–water partition coefficient (Wildman–Crippen LogP) is 2.43. The van der Waals surface area contributed by atoms with E-state index in [4.69, 9.17) is 4.74 Å². The number of carbonyl (C=O) groups excluding carboxylic acids is 2. The van der Waals surface area contributed by atoms with E-state index < -0.39 is 0 Å². The second-order valence-electron chi connectivity index (χ2n) is 5.91. The minimum Gasteiger partial charge on any atom is -0.492 e. The Morgan fingerprint density at radius 3 is 2.16 bits per heavy atom. The van der Waals surface area contributed by atoms with E-state index in [-0.39, 0.29) is 17.6 Å². The average molecular weight is 342 g/mol. The van der Waals surface area contributed by atoms with Gasteiger partial charge < -0.3 is 9.64 Å². The number of fused-ring (bicyclic) bond motifs is 1. The Hall–Kier alpha value is -2.73. The van der Waals surface area contributed by atoms with Crippen LogP contribution in [0.3, 0.4) is 0 Å². The molecule has 0 radical (unpaired) electrons. The lowest BCUT2D eigenvalue weighted by Crippen LogP contribution is -2.38. The van der Waals surface area contributed by atoms with Gasteiger partial charge >= 0.3 is 0 Å². The highest BCUT2D eigenvalue weighted by Crippen LogP contribution is 2.21. The second-order valence-corrected chi connectivity index (χ2v) is 5.91. The molecule has 1 aliphatic rings. The molecule has 0 spiro atoms. The van der Waals surface area contributed by atoms with Crippen molar-refractivity contribution in [1.29, 1.82) is 0 Å². The maximum Gasteiger partial charge on any atom is 0.261 e. The van der Waals surface area contributed by atoms with Crippen molar-refractivity contribution < 1.29 is 18.7 Å². The number of hydrogen-bond donors (Lipinski definition) is 0. The van der Waals surface area contributed by atoms with Crippen molar-refractivity contribution in [3.63, 3.8) is 0 Å². The number of rotatable bonds is 7. The summed E-state index contributed by atoms with van der Waals surface area (Å²) < 4.78 is 18.4. The van der Waals surface area contributed by atoms with Crippen molar-refractivity contribution in [2.24, 2.45) is 0 Å². The van der Waals surface area contributed by atoms with Crippen molar-refractivity contribution in [1.82, 2.24) is 9.80 Å². The minimum absolute atomic E-state index is 0.239. The molecule has 1 heterocycles. The fourth-order valence-corrected chi connectivity index (χ4v) is 2.67. The number of likely N-dealkylation sites (N-methyl/N-ethyl adjacent to an activating group) is 1. The van der Waals surface area contributed by atoms with Gasteiger partial charge in [0.25, 0.3) is 11.8 Å². The van der Waals surface area contributed by atoms with E-state index in [1.807, 2.05) is 11.9 Å². The lowest BCUT2D eigenvalue weighted by atomic mass is 10.1. The second kappa shape index (κ2) is 7.44. The molecule has 0 unspecified atom stereocenters. The van der Waals surface area contributed by atoms with Crippen LogP contribution >= 0.6 is 0 Å². The van der Waals surface area contributed by atoms with Gasteiger partial charge in [0.05, 0.1) is 11.1 Å². The van der Waals surface area contributed by atoms with Crippen LogP contribution < -0.4 is 4.74 Å². The number of carbonyl (C=O) groups is 2. The van der Waals surface area contributed by atoms with Gasteiger partial charge in [0, 0.05) is 19.6 Å². The van der Waals surface area contributed by atoms with E-state index >= 15 is 0 Å². The SMILES string of the molecule is CN(CCOc1ccc(F)cc1)CCN1C(=O)c2ccccc2C1=O. The molecule has 0 N–H and O–H groups in total. The highest BCUT2D eigenvalue weighted by molar-refractivity contribution is 6.21. The molecule has 5 nitrogen and oxygen atoms in total. The Morgan fingerprint density at radius 1 is 0.960 bits per heavy atom. The van der Waals surface area contributed by atoms with E-state index in [1.54, 1.807) is 36.4 Å². The van der Waals surface area contributed by atoms with Crippen LogP contribution in [0.15, 0.2) is 48.5 Å². The summed E-state index contributed by atoms with van der Waals surface area (Å²) in [5.41, 5.74) is 0.935. The van der Waals surface area contributed by atoms with Crippen LogP contribution in [0.1, 0.15) is 20.7 Å². The van der Waals surface area contributed by atoms with E-state index in [9.17, 15) is 14.0 Å². The molecule has 2 aromatic rings. The molecule has 0 fully saturated rings. The molecule has 0 bridgehead atoms. The molecule has 6 heteroatoms. The smallest absolute Gasteiger partial charge is 0.261 e. The highest BCUT2D eigenvalue weighted by Gasteiger charge is 2.34. The quantitative estimate of drug-likeness (QED) is 0.725. The number of hydrogen-bond acceptors (Lipinski definition) is 4. The summed E-state index contributed by atoms with van der Waals surface area (Å²) in [6.45, 7) is 1.95. The first kappa shape index (κ1) is 17.1. The minimum atomic E-state index is -0.301. The van der Waals surface area contributed by atoms with Crippen LogP contribution in [0, 0.1) is 5.82 Å². The summed E-state index contributed by atoms with van der Waals surface area (Å²) in [6.07, 6.45) is 0. The number of ether oxygens (including phenoxy) is 1. The lowest BCUT2D eigenvalue weighted by molar-refractivity contribution is 0.0639. The van der Waals surface area contributed by atoms with Crippen molar-refractivity contribution in [3.05, 3.63) is 65.5 Å². The average Bonchev–Trinajstić information content (AvgIpc) is 2.86. The first-order valence-corrected chi connectivity index (χ1v) is 8.08. The fourth-order valence-electron chi connectivity index (χ4n) is 2.67. The summed E-state index contributed by atoms with van der Waals surface area (Å²) in [6, 6.07) is 12.7. The van der Waals surface area contributed by atoms with E-state index in [0.717, 1.165) is 0 Å². The predicted molar refractivity (Wildman–Crippen MR) is 91.2 cm³/mol. The first-order chi connectivity index (χ1) is 12.1. The standard InChI is InChI=1S/C19H19FN2O3/c1-21(12-13-25-15-8-6-14(20)7-9-15)10-11-22-18(23)16-4-2-3-5-17(16)19(22)24/h2-9H,10-13H2,1H3. The van der Waals surface area contributed by atoms with Gasteiger partial charge in [-0.3, -0.25) is 14.5 Å². The molecule has 0 atom stereocenters. The Bertz CT molecular complexity index is 741. The molecule has 0 saturated heterocycles. The Kier molecular flexibility index (Phi) is 5.09. The molecule has 2 aromatic carbocycles. The molecular formula is C19H19FN2O3. The third kappa shape index (κ3) is 3.85. The zero-order valence-corrected chi connectivity index (χ0v) is 13.9. The Morgan fingerprint density at radius 2 is 1.56 bits per heavy atom. The third-order valence-electron chi connectivity index (χ3n) is 4.14. The maximum absolute atomic E-state index is 12.8. The number of amides is 2. The molecular weight excluding hydrogens is 323 g/mol. The van der Waals surface area contributed by atoms with E-state index in [2.05, 4.69) is 0 Å². The van der Waals surface area contributed by atoms with Crippen LogP contribution in [0.25, 0.3) is 0 Å². The topological polar surface area (TPSA) is 49.9 Å². The fraction of sp³-hybridized carbons (Fsp3) is 0.263. The van der Waals surface area contributed by atoms with Crippen molar-refractivity contribution in [2.45, 2.75) is 0 Å². The van der Waals surface area contributed by atoms with Crippen LogP contribution in [0.4, 0.5) is 4.39 Å². The first-order valence-electron chi connectivity index (χ1n) is 8.08. The van der Waals surface area contributed by atoms with Gasteiger partial charge in [-0.25, -0.2) is 4.39 Å². The number of nitrogens with zero attached hydrogens (tertiary/aromatic N) is 2. The molecule has 3 rings (SSSR count). The Labute approximate surface area is 145 Å². The lowest BCUT2D eigenvalue weighted by Gasteiger charge is -2.20. The van der Waals surface area contributed by atoms with Crippen LogP contribution in [-0.2, 0) is 0 Å². The summed E-state index contributed by atoms with van der Waals surface area (Å²) in [7, 11) is 1.90. The number of imide groups is 1. The summed E-state index contributed by atoms with van der Waals surface area (Å²) >= 11 is 0. The van der Waals surface area contributed by atoms with Crippen molar-refractivity contribution >= 4 is 11.8 Å². The van der Waals surface area contributed by atoms with Crippen LogP contribution in [0.2, 0.25) is 0 Å². The van der Waals surface area contributed by atoms with E-state index in [0.29, 0.717) is 43.1 Å². The van der Waals surface area contributed by atoms with Gasteiger partial charge in [-0.2, -0.15) is 0 Å². The van der Waals surface area contributed by atoms with Gasteiger partial charge in [-0.1, -0.05) is 12.1 Å². The van der Waals surface area contributed by atoms with Crippen LogP contribution in [-0.4, -0.2) is 54.9 Å². The molecule has 2 amide bonds. The maximum atomic E-state index is 12.8. The number of halogens is 1. The molecule has 0 aliphatic carbocycles. The van der Waals surface area contributed by atoms with Gasteiger partial charge in [0.1, 0.15) is 18.2 Å². The monoisotopic (exact) mass is 342 g/mol. The van der Waals surface area contributed by atoms with E-state index in [1.165, 1.54) is 17.0 Å². The molecule has 25 heavy (non-hydrogen) atoms. The van der Waals surface area contributed by atoms with Gasteiger partial charge in [0.15, 0.2) is 0 Å². The number of benzene rings is 2. The summed E-state index contributed by atoms with van der Waals surface area (Å²) in [4.78, 5) is 27.8.